The second kappa shape index (κ2) is 3.55. The summed E-state index contributed by atoms with van der Waals surface area (Å²) < 4.78 is 0.824. The predicted octanol–water partition coefficient (Wildman–Crippen LogP) is 1.78. The lowest BCUT2D eigenvalue weighted by Gasteiger charge is -2.02. The maximum Gasteiger partial charge on any atom is 0.255 e. The van der Waals surface area contributed by atoms with Gasteiger partial charge in [-0.1, -0.05) is 15.9 Å². The van der Waals surface area contributed by atoms with Crippen molar-refractivity contribution in [2.45, 2.75) is 6.61 Å². The molecular formula is C10H8BrNO2. The first kappa shape index (κ1) is 9.43. The van der Waals surface area contributed by atoms with E-state index >= 15 is 0 Å². The maximum atomic E-state index is 11.4. The molecule has 0 saturated carbocycles. The summed E-state index contributed by atoms with van der Waals surface area (Å²) in [5.41, 5.74) is 0.583. The Kier molecular flexibility index (Phi) is 2.39. The molecule has 0 atom stereocenters. The van der Waals surface area contributed by atoms with Crippen LogP contribution in [0, 0.1) is 0 Å². The van der Waals surface area contributed by atoms with Gasteiger partial charge in [0.1, 0.15) is 0 Å². The number of halogens is 1. The number of aliphatic hydroxyl groups is 1. The van der Waals surface area contributed by atoms with Crippen LogP contribution in [0.2, 0.25) is 0 Å². The lowest BCUT2D eigenvalue weighted by Crippen LogP contribution is -2.05. The van der Waals surface area contributed by atoms with Gasteiger partial charge in [0.05, 0.1) is 6.61 Å². The molecule has 0 aliphatic rings. The number of hydrogen-bond acceptors (Lipinski definition) is 2. The Hall–Kier alpha value is -1.13. The third-order valence-corrected chi connectivity index (χ3v) is 2.74. The lowest BCUT2D eigenvalue weighted by molar-refractivity contribution is 0.282. The van der Waals surface area contributed by atoms with Crippen molar-refractivity contribution in [3.05, 3.63) is 44.8 Å². The Morgan fingerprint density at radius 3 is 2.86 bits per heavy atom. The van der Waals surface area contributed by atoms with E-state index in [-0.39, 0.29) is 12.2 Å². The summed E-state index contributed by atoms with van der Waals surface area (Å²) in [6.45, 7) is -0.0666. The number of aromatic amines is 1. The number of aromatic nitrogens is 1. The first-order chi connectivity index (χ1) is 6.72. The SMILES string of the molecule is O=c1[nH]ccc2c(Br)cc(CO)cc12. The first-order valence-electron chi connectivity index (χ1n) is 4.13. The Morgan fingerprint density at radius 1 is 1.36 bits per heavy atom. The summed E-state index contributed by atoms with van der Waals surface area (Å²) in [6, 6.07) is 5.32. The number of benzene rings is 1. The molecule has 0 unspecified atom stereocenters. The quantitative estimate of drug-likeness (QED) is 0.815. The normalized spacial score (nSPS) is 10.7. The van der Waals surface area contributed by atoms with Crippen molar-refractivity contribution in [3.63, 3.8) is 0 Å². The number of H-pyrrole nitrogens is 1. The molecule has 1 aromatic heterocycles. The van der Waals surface area contributed by atoms with Gasteiger partial charge >= 0.3 is 0 Å². The summed E-state index contributed by atoms with van der Waals surface area (Å²) in [4.78, 5) is 14.0. The molecule has 1 aromatic carbocycles. The van der Waals surface area contributed by atoms with Crippen LogP contribution in [0.3, 0.4) is 0 Å². The number of fused-ring (bicyclic) bond motifs is 1. The zero-order valence-electron chi connectivity index (χ0n) is 7.25. The topological polar surface area (TPSA) is 53.1 Å². The number of pyridine rings is 1. The largest absolute Gasteiger partial charge is 0.392 e. The molecule has 1 heterocycles. The van der Waals surface area contributed by atoms with E-state index in [1.165, 1.54) is 0 Å². The molecule has 0 bridgehead atoms. The second-order valence-electron chi connectivity index (χ2n) is 3.00. The highest BCUT2D eigenvalue weighted by atomic mass is 79.9. The van der Waals surface area contributed by atoms with Crippen LogP contribution < -0.4 is 5.56 Å². The lowest BCUT2D eigenvalue weighted by atomic mass is 10.1. The van der Waals surface area contributed by atoms with Crippen molar-refractivity contribution in [2.75, 3.05) is 0 Å². The molecule has 0 amide bonds. The van der Waals surface area contributed by atoms with Crippen LogP contribution in [0.4, 0.5) is 0 Å². The molecule has 2 N–H and O–H groups in total. The van der Waals surface area contributed by atoms with E-state index in [1.54, 1.807) is 12.3 Å². The molecule has 2 aromatic rings. The highest BCUT2D eigenvalue weighted by Crippen LogP contribution is 2.23. The summed E-state index contributed by atoms with van der Waals surface area (Å²) in [5, 5.41) is 10.4. The number of hydrogen-bond donors (Lipinski definition) is 2. The fourth-order valence-electron chi connectivity index (χ4n) is 1.40. The minimum atomic E-state index is -0.140. The first-order valence-corrected chi connectivity index (χ1v) is 4.92. The minimum absolute atomic E-state index is 0.0666. The fraction of sp³-hybridized carbons (Fsp3) is 0.100. The van der Waals surface area contributed by atoms with E-state index in [0.29, 0.717) is 5.39 Å². The molecule has 0 aliphatic carbocycles. The van der Waals surface area contributed by atoms with Crippen LogP contribution in [0.1, 0.15) is 5.56 Å². The zero-order valence-corrected chi connectivity index (χ0v) is 8.84. The van der Waals surface area contributed by atoms with Gasteiger partial charge in [0, 0.05) is 21.4 Å². The van der Waals surface area contributed by atoms with Gasteiger partial charge in [-0.3, -0.25) is 4.79 Å². The van der Waals surface area contributed by atoms with Crippen LogP contribution in [0.5, 0.6) is 0 Å². The summed E-state index contributed by atoms with van der Waals surface area (Å²) in [5.74, 6) is 0. The van der Waals surface area contributed by atoms with Crippen molar-refractivity contribution >= 4 is 26.7 Å². The van der Waals surface area contributed by atoms with Crippen molar-refractivity contribution in [2.24, 2.45) is 0 Å². The van der Waals surface area contributed by atoms with Gasteiger partial charge in [0.15, 0.2) is 0 Å². The predicted molar refractivity (Wildman–Crippen MR) is 58.2 cm³/mol. The van der Waals surface area contributed by atoms with Crippen LogP contribution >= 0.6 is 15.9 Å². The smallest absolute Gasteiger partial charge is 0.255 e. The molecule has 2 rings (SSSR count). The molecule has 0 saturated heterocycles. The average molecular weight is 254 g/mol. The summed E-state index contributed by atoms with van der Waals surface area (Å²) in [6.07, 6.45) is 1.61. The molecule has 0 radical (unpaired) electrons. The fourth-order valence-corrected chi connectivity index (χ4v) is 2.04. The van der Waals surface area contributed by atoms with Crippen molar-refractivity contribution in [1.29, 1.82) is 0 Å². The Morgan fingerprint density at radius 2 is 2.14 bits per heavy atom. The van der Waals surface area contributed by atoms with Crippen molar-refractivity contribution in [3.8, 4) is 0 Å². The van der Waals surface area contributed by atoms with Gasteiger partial charge in [0.25, 0.3) is 5.56 Å². The van der Waals surface area contributed by atoms with Gasteiger partial charge in [-0.05, 0) is 23.8 Å². The monoisotopic (exact) mass is 253 g/mol. The average Bonchev–Trinajstić information content (AvgIpc) is 2.19. The van der Waals surface area contributed by atoms with Crippen LogP contribution in [0.15, 0.2) is 33.7 Å². The third-order valence-electron chi connectivity index (χ3n) is 2.08. The van der Waals surface area contributed by atoms with E-state index in [0.717, 1.165) is 15.4 Å². The van der Waals surface area contributed by atoms with E-state index in [2.05, 4.69) is 20.9 Å². The highest BCUT2D eigenvalue weighted by molar-refractivity contribution is 9.10. The number of nitrogens with one attached hydrogen (secondary N) is 1. The van der Waals surface area contributed by atoms with Gasteiger partial charge in [-0.25, -0.2) is 0 Å². The minimum Gasteiger partial charge on any atom is -0.392 e. The Balaban J connectivity index is 2.91. The standard InChI is InChI=1S/C10H8BrNO2/c11-9-4-6(5-13)3-8-7(9)1-2-12-10(8)14/h1-4,13H,5H2,(H,12,14). The van der Waals surface area contributed by atoms with E-state index in [1.807, 2.05) is 12.1 Å². The van der Waals surface area contributed by atoms with Gasteiger partial charge in [0.2, 0.25) is 0 Å². The van der Waals surface area contributed by atoms with E-state index in [9.17, 15) is 4.79 Å². The number of aliphatic hydroxyl groups excluding tert-OH is 1. The molecule has 0 aliphatic heterocycles. The van der Waals surface area contributed by atoms with Gasteiger partial charge in [-0.15, -0.1) is 0 Å². The van der Waals surface area contributed by atoms with E-state index in [4.69, 9.17) is 5.11 Å². The molecule has 0 spiro atoms. The second-order valence-corrected chi connectivity index (χ2v) is 3.86. The van der Waals surface area contributed by atoms with Crippen LogP contribution in [0.25, 0.3) is 10.8 Å². The molecule has 14 heavy (non-hydrogen) atoms. The summed E-state index contributed by atoms with van der Waals surface area (Å²) >= 11 is 3.36. The molecule has 0 fully saturated rings. The van der Waals surface area contributed by atoms with Crippen LogP contribution in [-0.4, -0.2) is 10.1 Å². The third kappa shape index (κ3) is 1.47. The van der Waals surface area contributed by atoms with E-state index < -0.39 is 0 Å². The molecule has 3 nitrogen and oxygen atoms in total. The van der Waals surface area contributed by atoms with Gasteiger partial charge < -0.3 is 10.1 Å². The highest BCUT2D eigenvalue weighted by Gasteiger charge is 2.03. The van der Waals surface area contributed by atoms with Crippen molar-refractivity contribution in [1.82, 2.24) is 4.98 Å². The van der Waals surface area contributed by atoms with Crippen LogP contribution in [-0.2, 0) is 6.61 Å². The van der Waals surface area contributed by atoms with Crippen molar-refractivity contribution < 1.29 is 5.11 Å². The number of rotatable bonds is 1. The molecular weight excluding hydrogens is 246 g/mol. The molecule has 72 valence electrons. The summed E-state index contributed by atoms with van der Waals surface area (Å²) in [7, 11) is 0. The Labute approximate surface area is 88.5 Å². The maximum absolute atomic E-state index is 11.4. The molecule has 4 heteroatoms. The van der Waals surface area contributed by atoms with Gasteiger partial charge in [-0.2, -0.15) is 0 Å². The zero-order chi connectivity index (χ0) is 10.1. The Bertz CT molecular complexity index is 533.